The number of esters is 1. The number of ether oxygens (including phenoxy) is 1. The Labute approximate surface area is 121 Å². The van der Waals surface area contributed by atoms with Crippen LogP contribution in [0.3, 0.4) is 0 Å². The molecule has 21 heavy (non-hydrogen) atoms. The number of rotatable bonds is 4. The second-order valence-electron chi connectivity index (χ2n) is 4.60. The second kappa shape index (κ2) is 6.07. The SMILES string of the molecule is CCOC(=O)C1CCCN1S(=O)(=O)c1cc(F)ccc1F. The molecule has 0 amide bonds. The Morgan fingerprint density at radius 3 is 2.81 bits per heavy atom. The van der Waals surface area contributed by atoms with Crippen molar-refractivity contribution in [3.05, 3.63) is 29.8 Å². The quantitative estimate of drug-likeness (QED) is 0.792. The summed E-state index contributed by atoms with van der Waals surface area (Å²) in [7, 11) is -4.29. The van der Waals surface area contributed by atoms with Crippen LogP contribution in [0.5, 0.6) is 0 Å². The smallest absolute Gasteiger partial charge is 0.324 e. The summed E-state index contributed by atoms with van der Waals surface area (Å²) in [6.07, 6.45) is 0.759. The summed E-state index contributed by atoms with van der Waals surface area (Å²) >= 11 is 0. The fourth-order valence-electron chi connectivity index (χ4n) is 2.30. The summed E-state index contributed by atoms with van der Waals surface area (Å²) in [4.78, 5) is 11.0. The summed E-state index contributed by atoms with van der Waals surface area (Å²) in [5.74, 6) is -2.58. The first-order valence-corrected chi connectivity index (χ1v) is 7.95. The number of halogens is 2. The van der Waals surface area contributed by atoms with Crippen molar-refractivity contribution in [2.24, 2.45) is 0 Å². The average Bonchev–Trinajstić information content (AvgIpc) is 2.92. The first-order chi connectivity index (χ1) is 9.87. The molecule has 0 spiro atoms. The van der Waals surface area contributed by atoms with E-state index in [1.54, 1.807) is 6.92 Å². The highest BCUT2D eigenvalue weighted by Gasteiger charge is 2.41. The fraction of sp³-hybridized carbons (Fsp3) is 0.462. The lowest BCUT2D eigenvalue weighted by molar-refractivity contribution is -0.146. The third-order valence-electron chi connectivity index (χ3n) is 3.24. The van der Waals surface area contributed by atoms with Gasteiger partial charge in [0, 0.05) is 6.54 Å². The minimum absolute atomic E-state index is 0.0712. The van der Waals surface area contributed by atoms with Crippen molar-refractivity contribution in [3.63, 3.8) is 0 Å². The van der Waals surface area contributed by atoms with Crippen molar-refractivity contribution in [1.29, 1.82) is 0 Å². The van der Waals surface area contributed by atoms with E-state index in [-0.39, 0.29) is 13.2 Å². The Bertz CT molecular complexity index is 648. The Kier molecular flexibility index (Phi) is 4.58. The fourth-order valence-corrected chi connectivity index (χ4v) is 4.03. The van der Waals surface area contributed by atoms with Gasteiger partial charge in [-0.25, -0.2) is 17.2 Å². The van der Waals surface area contributed by atoms with Crippen molar-refractivity contribution in [3.8, 4) is 0 Å². The highest BCUT2D eigenvalue weighted by Crippen LogP contribution is 2.28. The predicted molar refractivity (Wildman–Crippen MR) is 69.9 cm³/mol. The molecule has 1 aliphatic rings. The van der Waals surface area contributed by atoms with Gasteiger partial charge in [-0.3, -0.25) is 4.79 Å². The molecule has 1 aromatic carbocycles. The Balaban J connectivity index is 2.38. The normalized spacial score (nSPS) is 19.7. The molecule has 5 nitrogen and oxygen atoms in total. The number of carbonyl (C=O) groups excluding carboxylic acids is 1. The van der Waals surface area contributed by atoms with Gasteiger partial charge in [0.1, 0.15) is 22.6 Å². The lowest BCUT2D eigenvalue weighted by atomic mass is 10.2. The van der Waals surface area contributed by atoms with Crippen LogP contribution in [-0.4, -0.2) is 37.9 Å². The van der Waals surface area contributed by atoms with E-state index in [4.69, 9.17) is 4.74 Å². The molecule has 1 fully saturated rings. The van der Waals surface area contributed by atoms with Crippen LogP contribution in [0.1, 0.15) is 19.8 Å². The number of hydrogen-bond acceptors (Lipinski definition) is 4. The van der Waals surface area contributed by atoms with Crippen molar-refractivity contribution < 1.29 is 26.7 Å². The van der Waals surface area contributed by atoms with Gasteiger partial charge in [-0.1, -0.05) is 0 Å². The van der Waals surface area contributed by atoms with Crippen LogP contribution < -0.4 is 0 Å². The van der Waals surface area contributed by atoms with E-state index < -0.39 is 38.6 Å². The lowest BCUT2D eigenvalue weighted by Gasteiger charge is -2.22. The van der Waals surface area contributed by atoms with E-state index in [2.05, 4.69) is 0 Å². The summed E-state index contributed by atoms with van der Waals surface area (Å²) < 4.78 is 57.5. The molecule has 0 aromatic heterocycles. The number of sulfonamides is 1. The van der Waals surface area contributed by atoms with Crippen LogP contribution in [0.25, 0.3) is 0 Å². The van der Waals surface area contributed by atoms with Crippen molar-refractivity contribution in [2.45, 2.75) is 30.7 Å². The van der Waals surface area contributed by atoms with Gasteiger partial charge in [0.2, 0.25) is 10.0 Å². The number of carbonyl (C=O) groups is 1. The standard InChI is InChI=1S/C13H15F2NO4S/c1-2-20-13(17)11-4-3-7-16(11)21(18,19)12-8-9(14)5-6-10(12)15/h5-6,8,11H,2-4,7H2,1H3. The van der Waals surface area contributed by atoms with Crippen molar-refractivity contribution in [1.82, 2.24) is 4.31 Å². The maximum atomic E-state index is 13.7. The molecule has 1 heterocycles. The molecule has 8 heteroatoms. The highest BCUT2D eigenvalue weighted by atomic mass is 32.2. The van der Waals surface area contributed by atoms with Crippen LogP contribution in [0.15, 0.2) is 23.1 Å². The molecule has 0 saturated carbocycles. The van der Waals surface area contributed by atoms with Gasteiger partial charge in [0.05, 0.1) is 6.61 Å². The second-order valence-corrected chi connectivity index (χ2v) is 6.46. The van der Waals surface area contributed by atoms with Crippen LogP contribution in [-0.2, 0) is 19.6 Å². The minimum atomic E-state index is -4.29. The predicted octanol–water partition coefficient (Wildman–Crippen LogP) is 1.68. The van der Waals surface area contributed by atoms with Crippen LogP contribution >= 0.6 is 0 Å². The van der Waals surface area contributed by atoms with E-state index >= 15 is 0 Å². The van der Waals surface area contributed by atoms with Crippen molar-refractivity contribution >= 4 is 16.0 Å². The molecule has 0 N–H and O–H groups in total. The third kappa shape index (κ3) is 3.06. The first kappa shape index (κ1) is 15.8. The van der Waals surface area contributed by atoms with Gasteiger partial charge in [-0.2, -0.15) is 4.31 Å². The molecule has 1 atom stereocenters. The van der Waals surface area contributed by atoms with E-state index in [1.165, 1.54) is 0 Å². The van der Waals surface area contributed by atoms with Gasteiger partial charge in [-0.15, -0.1) is 0 Å². The van der Waals surface area contributed by atoms with Gasteiger partial charge in [0.25, 0.3) is 0 Å². The zero-order valence-electron chi connectivity index (χ0n) is 11.4. The zero-order valence-corrected chi connectivity index (χ0v) is 12.2. The first-order valence-electron chi connectivity index (χ1n) is 6.51. The van der Waals surface area contributed by atoms with Gasteiger partial charge in [-0.05, 0) is 38.0 Å². The molecule has 1 aliphatic heterocycles. The Morgan fingerprint density at radius 1 is 1.43 bits per heavy atom. The average molecular weight is 319 g/mol. The number of nitrogens with zero attached hydrogens (tertiary/aromatic N) is 1. The molecule has 0 bridgehead atoms. The molecule has 0 radical (unpaired) electrons. The third-order valence-corrected chi connectivity index (χ3v) is 5.17. The summed E-state index contributed by atoms with van der Waals surface area (Å²) in [5, 5.41) is 0. The van der Waals surface area contributed by atoms with Gasteiger partial charge < -0.3 is 4.74 Å². The molecule has 2 rings (SSSR count). The lowest BCUT2D eigenvalue weighted by Crippen LogP contribution is -2.41. The maximum Gasteiger partial charge on any atom is 0.324 e. The van der Waals surface area contributed by atoms with Gasteiger partial charge in [0.15, 0.2) is 0 Å². The summed E-state index contributed by atoms with van der Waals surface area (Å²) in [6.45, 7) is 1.80. The van der Waals surface area contributed by atoms with Crippen LogP contribution in [0.2, 0.25) is 0 Å². The summed E-state index contributed by atoms with van der Waals surface area (Å²) in [5.41, 5.74) is 0. The molecule has 1 saturated heterocycles. The highest BCUT2D eigenvalue weighted by molar-refractivity contribution is 7.89. The van der Waals surface area contributed by atoms with Crippen LogP contribution in [0.4, 0.5) is 8.78 Å². The molecule has 1 aromatic rings. The van der Waals surface area contributed by atoms with E-state index in [1.807, 2.05) is 0 Å². The molecule has 116 valence electrons. The largest absolute Gasteiger partial charge is 0.465 e. The molecule has 0 aliphatic carbocycles. The zero-order chi connectivity index (χ0) is 15.6. The number of hydrogen-bond donors (Lipinski definition) is 0. The molecular formula is C13H15F2NO4S. The number of benzene rings is 1. The minimum Gasteiger partial charge on any atom is -0.465 e. The monoisotopic (exact) mass is 319 g/mol. The van der Waals surface area contributed by atoms with Gasteiger partial charge >= 0.3 is 5.97 Å². The van der Waals surface area contributed by atoms with E-state index in [0.29, 0.717) is 18.9 Å². The van der Waals surface area contributed by atoms with E-state index in [9.17, 15) is 22.0 Å². The Hall–Kier alpha value is -1.54. The maximum absolute atomic E-state index is 13.7. The van der Waals surface area contributed by atoms with Crippen molar-refractivity contribution in [2.75, 3.05) is 13.2 Å². The van der Waals surface area contributed by atoms with E-state index in [0.717, 1.165) is 16.4 Å². The summed E-state index contributed by atoms with van der Waals surface area (Å²) in [6, 6.07) is 1.21. The topological polar surface area (TPSA) is 63.7 Å². The Morgan fingerprint density at radius 2 is 2.14 bits per heavy atom. The van der Waals surface area contributed by atoms with Crippen LogP contribution in [0, 0.1) is 11.6 Å². The molecular weight excluding hydrogens is 304 g/mol. The molecule has 1 unspecified atom stereocenters.